The van der Waals surface area contributed by atoms with Crippen LogP contribution in [-0.2, 0) is 0 Å². The number of alkyl halides is 3. The number of piperidine rings is 1. The highest BCUT2D eigenvalue weighted by molar-refractivity contribution is 5.93. The van der Waals surface area contributed by atoms with Crippen LogP contribution in [0.15, 0.2) is 30.6 Å². The first-order valence-electron chi connectivity index (χ1n) is 9.67. The lowest BCUT2D eigenvalue weighted by molar-refractivity contribution is -0.266. The number of ether oxygens (including phenoxy) is 1. The lowest BCUT2D eigenvalue weighted by Crippen LogP contribution is -2.53. The zero-order valence-corrected chi connectivity index (χ0v) is 16.6. The second-order valence-corrected chi connectivity index (χ2v) is 7.72. The Morgan fingerprint density at radius 1 is 1.17 bits per heavy atom. The second kappa shape index (κ2) is 7.42. The van der Waals surface area contributed by atoms with Gasteiger partial charge in [-0.05, 0) is 32.0 Å². The zero-order valence-electron chi connectivity index (χ0n) is 16.6. The maximum atomic E-state index is 13.0. The first-order valence-corrected chi connectivity index (χ1v) is 9.67. The van der Waals surface area contributed by atoms with Crippen molar-refractivity contribution in [3.05, 3.63) is 30.6 Å². The van der Waals surface area contributed by atoms with Crippen molar-refractivity contribution in [3.8, 4) is 17.1 Å². The first-order chi connectivity index (χ1) is 14.2. The van der Waals surface area contributed by atoms with Gasteiger partial charge >= 0.3 is 6.18 Å². The second-order valence-electron chi connectivity index (χ2n) is 7.72. The molecule has 1 aromatic carbocycles. The van der Waals surface area contributed by atoms with Gasteiger partial charge in [0.1, 0.15) is 23.6 Å². The molecule has 7 nitrogen and oxygen atoms in total. The molecular weight excluding hydrogens is 399 g/mol. The molecule has 3 aromatic rings. The lowest BCUT2D eigenvalue weighted by Gasteiger charge is -2.39. The van der Waals surface area contributed by atoms with E-state index >= 15 is 0 Å². The van der Waals surface area contributed by atoms with Gasteiger partial charge in [0, 0.05) is 37.4 Å². The molecule has 10 heteroatoms. The van der Waals surface area contributed by atoms with E-state index < -0.39 is 24.6 Å². The number of hydrogen-bond acceptors (Lipinski definition) is 6. The minimum absolute atomic E-state index is 0.0258. The largest absolute Gasteiger partial charge is 0.491 e. The van der Waals surface area contributed by atoms with E-state index in [2.05, 4.69) is 20.2 Å². The normalized spacial score (nSPS) is 17.0. The molecule has 1 aliphatic rings. The summed E-state index contributed by atoms with van der Waals surface area (Å²) >= 11 is 0. The maximum Gasteiger partial charge on any atom is 0.417 e. The Morgan fingerprint density at radius 3 is 2.57 bits per heavy atom. The van der Waals surface area contributed by atoms with Gasteiger partial charge in [-0.3, -0.25) is 5.10 Å². The number of rotatable bonds is 4. The number of nitrogens with one attached hydrogen (secondary N) is 1. The molecule has 1 saturated heterocycles. The predicted molar refractivity (Wildman–Crippen MR) is 105 cm³/mol. The van der Waals surface area contributed by atoms with Crippen LogP contribution in [0.1, 0.15) is 26.7 Å². The van der Waals surface area contributed by atoms with Crippen molar-refractivity contribution in [2.24, 2.45) is 0 Å². The van der Waals surface area contributed by atoms with Crippen LogP contribution in [0.5, 0.6) is 5.75 Å². The van der Waals surface area contributed by atoms with Crippen molar-refractivity contribution in [2.75, 3.05) is 18.0 Å². The molecule has 0 atom stereocenters. The smallest absolute Gasteiger partial charge is 0.417 e. The van der Waals surface area contributed by atoms with Crippen molar-refractivity contribution in [1.82, 2.24) is 20.2 Å². The number of aromatic amines is 1. The average molecular weight is 421 g/mol. The van der Waals surface area contributed by atoms with Crippen LogP contribution < -0.4 is 9.64 Å². The molecule has 1 fully saturated rings. The molecular formula is C20H22F3N5O2. The first kappa shape index (κ1) is 20.4. The third-order valence-corrected chi connectivity index (χ3v) is 5.24. The van der Waals surface area contributed by atoms with E-state index in [-0.39, 0.29) is 19.2 Å². The Labute approximate surface area is 170 Å². The van der Waals surface area contributed by atoms with Crippen LogP contribution in [0.25, 0.3) is 22.3 Å². The highest BCUT2D eigenvalue weighted by atomic mass is 19.4. The fourth-order valence-corrected chi connectivity index (χ4v) is 3.57. The molecule has 2 N–H and O–H groups in total. The van der Waals surface area contributed by atoms with E-state index in [1.165, 1.54) is 6.33 Å². The molecule has 4 rings (SSSR count). The molecule has 0 saturated carbocycles. The quantitative estimate of drug-likeness (QED) is 0.668. The standard InChI is InChI=1S/C20H22F3N5O2/c1-12(2)30-13-3-4-15-14(9-13)18(27-26-15)16-10-17(25-11-24-16)28-7-5-19(29,6-8-28)20(21,22)23/h3-4,9-12,29H,5-8H2,1-2H3,(H,26,27). The molecule has 0 unspecified atom stereocenters. The molecule has 0 aliphatic carbocycles. The highest BCUT2D eigenvalue weighted by Crippen LogP contribution is 2.39. The van der Waals surface area contributed by atoms with Crippen molar-refractivity contribution in [3.63, 3.8) is 0 Å². The van der Waals surface area contributed by atoms with Crippen LogP contribution in [0.3, 0.4) is 0 Å². The Balaban J connectivity index is 1.60. The van der Waals surface area contributed by atoms with Gasteiger partial charge in [0.05, 0.1) is 17.3 Å². The van der Waals surface area contributed by atoms with Crippen molar-refractivity contribution < 1.29 is 23.0 Å². The molecule has 160 valence electrons. The van der Waals surface area contributed by atoms with Gasteiger partial charge in [0.15, 0.2) is 5.60 Å². The maximum absolute atomic E-state index is 13.0. The summed E-state index contributed by atoms with van der Waals surface area (Å²) in [5, 5.41) is 18.0. The van der Waals surface area contributed by atoms with Crippen molar-refractivity contribution in [2.45, 2.75) is 44.6 Å². The van der Waals surface area contributed by atoms with Gasteiger partial charge in [-0.2, -0.15) is 18.3 Å². The van der Waals surface area contributed by atoms with E-state index in [1.54, 1.807) is 11.0 Å². The topological polar surface area (TPSA) is 87.2 Å². The summed E-state index contributed by atoms with van der Waals surface area (Å²) in [7, 11) is 0. The SMILES string of the molecule is CC(C)Oc1ccc2[nH]nc(-c3cc(N4CCC(O)(C(F)(F)F)CC4)ncn3)c2c1. The Bertz CT molecular complexity index is 1040. The minimum atomic E-state index is -4.64. The number of hydrogen-bond donors (Lipinski definition) is 2. The number of H-pyrrole nitrogens is 1. The molecule has 1 aliphatic heterocycles. The number of anilines is 1. The van der Waals surface area contributed by atoms with Gasteiger partial charge in [-0.25, -0.2) is 9.97 Å². The summed E-state index contributed by atoms with van der Waals surface area (Å²) in [5.41, 5.74) is -0.685. The third-order valence-electron chi connectivity index (χ3n) is 5.24. The summed E-state index contributed by atoms with van der Waals surface area (Å²) < 4.78 is 44.9. The van der Waals surface area contributed by atoms with Gasteiger partial charge in [-0.15, -0.1) is 0 Å². The molecule has 30 heavy (non-hydrogen) atoms. The van der Waals surface area contributed by atoms with Crippen molar-refractivity contribution in [1.29, 1.82) is 0 Å². The van der Waals surface area contributed by atoms with Gasteiger partial charge in [-0.1, -0.05) is 0 Å². The third kappa shape index (κ3) is 3.79. The van der Waals surface area contributed by atoms with E-state index in [4.69, 9.17) is 4.74 Å². The molecule has 0 radical (unpaired) electrons. The van der Waals surface area contributed by atoms with Crippen LogP contribution in [0, 0.1) is 0 Å². The number of fused-ring (bicyclic) bond motifs is 1. The highest BCUT2D eigenvalue weighted by Gasteiger charge is 2.54. The Morgan fingerprint density at radius 2 is 1.90 bits per heavy atom. The summed E-state index contributed by atoms with van der Waals surface area (Å²) in [6.07, 6.45) is -4.06. The molecule has 0 amide bonds. The van der Waals surface area contributed by atoms with Gasteiger partial charge < -0.3 is 14.7 Å². The Hall–Kier alpha value is -2.88. The number of benzene rings is 1. The van der Waals surface area contributed by atoms with Crippen LogP contribution in [-0.4, -0.2) is 56.2 Å². The molecule has 2 aromatic heterocycles. The monoisotopic (exact) mass is 421 g/mol. The van der Waals surface area contributed by atoms with E-state index in [9.17, 15) is 18.3 Å². The summed E-state index contributed by atoms with van der Waals surface area (Å²) in [4.78, 5) is 10.2. The number of aliphatic hydroxyl groups is 1. The lowest BCUT2D eigenvalue weighted by atomic mass is 9.91. The summed E-state index contributed by atoms with van der Waals surface area (Å²) in [6.45, 7) is 3.96. The van der Waals surface area contributed by atoms with E-state index in [0.717, 1.165) is 10.9 Å². The fourth-order valence-electron chi connectivity index (χ4n) is 3.57. The minimum Gasteiger partial charge on any atom is -0.491 e. The molecule has 0 spiro atoms. The predicted octanol–water partition coefficient (Wildman–Crippen LogP) is 3.70. The van der Waals surface area contributed by atoms with Crippen LogP contribution in [0.2, 0.25) is 0 Å². The number of nitrogens with zero attached hydrogens (tertiary/aromatic N) is 4. The van der Waals surface area contributed by atoms with Crippen LogP contribution in [0.4, 0.5) is 19.0 Å². The molecule has 3 heterocycles. The van der Waals surface area contributed by atoms with E-state index in [0.29, 0.717) is 23.0 Å². The van der Waals surface area contributed by atoms with Crippen LogP contribution >= 0.6 is 0 Å². The van der Waals surface area contributed by atoms with Gasteiger partial charge in [0.25, 0.3) is 0 Å². The number of halogens is 3. The zero-order chi connectivity index (χ0) is 21.5. The number of aromatic nitrogens is 4. The van der Waals surface area contributed by atoms with Crippen molar-refractivity contribution >= 4 is 16.7 Å². The van der Waals surface area contributed by atoms with Gasteiger partial charge in [0.2, 0.25) is 0 Å². The van der Waals surface area contributed by atoms with E-state index in [1.807, 2.05) is 32.0 Å². The summed E-state index contributed by atoms with van der Waals surface area (Å²) in [5.74, 6) is 1.20. The average Bonchev–Trinajstić information content (AvgIpc) is 3.10. The molecule has 0 bridgehead atoms. The summed E-state index contributed by atoms with van der Waals surface area (Å²) in [6, 6.07) is 7.29. The Kier molecular flexibility index (Phi) is 5.05. The fraction of sp³-hybridized carbons (Fsp3) is 0.450.